The summed E-state index contributed by atoms with van der Waals surface area (Å²) in [4.78, 5) is 12.6. The predicted octanol–water partition coefficient (Wildman–Crippen LogP) is 6.46. The normalized spacial score (nSPS) is 13.5. The fourth-order valence-corrected chi connectivity index (χ4v) is 4.09. The van der Waals surface area contributed by atoms with Crippen LogP contribution < -0.4 is 0 Å². The Balaban J connectivity index is 1.91. The molecule has 0 aliphatic heterocycles. The van der Waals surface area contributed by atoms with Crippen LogP contribution in [0.15, 0.2) is 42.5 Å². The van der Waals surface area contributed by atoms with Gasteiger partial charge >= 0.3 is 5.97 Å². The molecule has 0 N–H and O–H groups in total. The number of hydrogen-bond acceptors (Lipinski definition) is 3. The Hall–Kier alpha value is -2.30. The van der Waals surface area contributed by atoms with Crippen molar-refractivity contribution < 1.29 is 9.53 Å². The molecular formula is C23H22Cl2N2O2. The van der Waals surface area contributed by atoms with Crippen LogP contribution in [0.2, 0.25) is 10.0 Å². The maximum absolute atomic E-state index is 12.6. The Kier molecular flexibility index (Phi) is 5.66. The average molecular weight is 429 g/mol. The van der Waals surface area contributed by atoms with Gasteiger partial charge in [0.25, 0.3) is 0 Å². The molecule has 1 fully saturated rings. The molecule has 4 nitrogen and oxygen atoms in total. The molecule has 0 atom stereocenters. The topological polar surface area (TPSA) is 44.1 Å². The lowest BCUT2D eigenvalue weighted by Crippen LogP contribution is -2.08. The van der Waals surface area contributed by atoms with Crippen molar-refractivity contribution in [3.63, 3.8) is 0 Å². The molecule has 0 amide bonds. The number of carbonyl (C=O) groups is 1. The monoisotopic (exact) mass is 428 g/mol. The zero-order valence-corrected chi connectivity index (χ0v) is 17.9. The Bertz CT molecular complexity index is 1050. The summed E-state index contributed by atoms with van der Waals surface area (Å²) in [6.07, 6.45) is 3.15. The van der Waals surface area contributed by atoms with Crippen LogP contribution in [0.4, 0.5) is 0 Å². The molecule has 4 rings (SSSR count). The Morgan fingerprint density at radius 2 is 1.86 bits per heavy atom. The standard InChI is InChI=1S/C23H22Cl2N2O2/c1-3-18-21(23(28)29-4-2)26-27(20-12-11-17(24)13-19(20)25)22(18)16-9-7-15(8-10-16)14-5-6-14/h7-14H,3-6H2,1-2H3. The zero-order valence-electron chi connectivity index (χ0n) is 16.4. The minimum Gasteiger partial charge on any atom is -0.461 e. The lowest BCUT2D eigenvalue weighted by atomic mass is 10.0. The van der Waals surface area contributed by atoms with Gasteiger partial charge in [0, 0.05) is 16.1 Å². The third kappa shape index (κ3) is 3.92. The highest BCUT2D eigenvalue weighted by Gasteiger charge is 2.27. The molecular weight excluding hydrogens is 407 g/mol. The van der Waals surface area contributed by atoms with Gasteiger partial charge in [0.2, 0.25) is 0 Å². The van der Waals surface area contributed by atoms with E-state index in [4.69, 9.17) is 27.9 Å². The van der Waals surface area contributed by atoms with E-state index in [1.165, 1.54) is 18.4 Å². The highest BCUT2D eigenvalue weighted by molar-refractivity contribution is 6.35. The first-order valence-electron chi connectivity index (χ1n) is 9.88. The van der Waals surface area contributed by atoms with Crippen LogP contribution in [0.5, 0.6) is 0 Å². The van der Waals surface area contributed by atoms with Crippen LogP contribution in [0.1, 0.15) is 54.2 Å². The highest BCUT2D eigenvalue weighted by atomic mass is 35.5. The summed E-state index contributed by atoms with van der Waals surface area (Å²) in [6, 6.07) is 13.8. The summed E-state index contributed by atoms with van der Waals surface area (Å²) in [6.45, 7) is 4.09. The summed E-state index contributed by atoms with van der Waals surface area (Å²) in [5, 5.41) is 5.63. The van der Waals surface area contributed by atoms with Crippen molar-refractivity contribution in [2.24, 2.45) is 0 Å². The van der Waals surface area contributed by atoms with Crippen LogP contribution in [0.3, 0.4) is 0 Å². The lowest BCUT2D eigenvalue weighted by molar-refractivity contribution is 0.0517. The molecule has 0 radical (unpaired) electrons. The van der Waals surface area contributed by atoms with Gasteiger partial charge in [0.1, 0.15) is 0 Å². The molecule has 1 saturated carbocycles. The van der Waals surface area contributed by atoms with Gasteiger partial charge in [-0.25, -0.2) is 9.48 Å². The van der Waals surface area contributed by atoms with Gasteiger partial charge in [-0.3, -0.25) is 0 Å². The van der Waals surface area contributed by atoms with Crippen molar-refractivity contribution >= 4 is 29.2 Å². The SMILES string of the molecule is CCOC(=O)c1nn(-c2ccc(Cl)cc2Cl)c(-c2ccc(C3CC3)cc2)c1CC. The predicted molar refractivity (Wildman–Crippen MR) is 116 cm³/mol. The second-order valence-electron chi connectivity index (χ2n) is 7.15. The number of hydrogen-bond donors (Lipinski definition) is 0. The van der Waals surface area contributed by atoms with E-state index in [1.807, 2.05) is 13.0 Å². The van der Waals surface area contributed by atoms with Crippen LogP contribution >= 0.6 is 23.2 Å². The number of ether oxygens (including phenoxy) is 1. The molecule has 150 valence electrons. The molecule has 1 heterocycles. The summed E-state index contributed by atoms with van der Waals surface area (Å²) in [7, 11) is 0. The molecule has 1 aromatic heterocycles. The number of benzene rings is 2. The van der Waals surface area contributed by atoms with Gasteiger partial charge in [-0.05, 0) is 55.9 Å². The van der Waals surface area contributed by atoms with Crippen molar-refractivity contribution in [2.75, 3.05) is 6.61 Å². The number of rotatable bonds is 6. The second-order valence-corrected chi connectivity index (χ2v) is 8.00. The van der Waals surface area contributed by atoms with Crippen LogP contribution in [0.25, 0.3) is 16.9 Å². The summed E-state index contributed by atoms with van der Waals surface area (Å²) < 4.78 is 6.98. The molecule has 0 spiro atoms. The van der Waals surface area contributed by atoms with Gasteiger partial charge < -0.3 is 4.74 Å². The number of esters is 1. The number of halogens is 2. The first-order chi connectivity index (χ1) is 14.0. The molecule has 3 aromatic rings. The Morgan fingerprint density at radius 1 is 1.14 bits per heavy atom. The minimum absolute atomic E-state index is 0.294. The summed E-state index contributed by atoms with van der Waals surface area (Å²) in [5.74, 6) is 0.254. The van der Waals surface area contributed by atoms with E-state index >= 15 is 0 Å². The number of aromatic nitrogens is 2. The molecule has 0 unspecified atom stereocenters. The van der Waals surface area contributed by atoms with Crippen molar-refractivity contribution in [2.45, 2.75) is 39.0 Å². The van der Waals surface area contributed by atoms with E-state index in [-0.39, 0.29) is 0 Å². The van der Waals surface area contributed by atoms with Gasteiger partial charge in [0.05, 0.1) is 23.0 Å². The zero-order chi connectivity index (χ0) is 20.5. The maximum atomic E-state index is 12.6. The molecule has 2 aromatic carbocycles. The molecule has 0 bridgehead atoms. The van der Waals surface area contributed by atoms with E-state index in [9.17, 15) is 4.79 Å². The summed E-state index contributed by atoms with van der Waals surface area (Å²) >= 11 is 12.6. The molecule has 1 aliphatic carbocycles. The second kappa shape index (κ2) is 8.21. The van der Waals surface area contributed by atoms with Crippen LogP contribution in [-0.2, 0) is 11.2 Å². The largest absolute Gasteiger partial charge is 0.461 e. The van der Waals surface area contributed by atoms with Gasteiger partial charge in [-0.2, -0.15) is 5.10 Å². The average Bonchev–Trinajstić information content (AvgIpc) is 3.48. The van der Waals surface area contributed by atoms with E-state index in [1.54, 1.807) is 23.7 Å². The van der Waals surface area contributed by atoms with Crippen molar-refractivity contribution in [3.05, 3.63) is 69.3 Å². The fourth-order valence-electron chi connectivity index (χ4n) is 3.60. The molecule has 0 saturated heterocycles. The quantitative estimate of drug-likeness (QED) is 0.422. The first-order valence-corrected chi connectivity index (χ1v) is 10.6. The molecule has 1 aliphatic rings. The molecule has 29 heavy (non-hydrogen) atoms. The van der Waals surface area contributed by atoms with E-state index in [0.29, 0.717) is 40.4 Å². The van der Waals surface area contributed by atoms with Crippen LogP contribution in [-0.4, -0.2) is 22.4 Å². The number of nitrogens with zero attached hydrogens (tertiary/aromatic N) is 2. The number of carbonyl (C=O) groups excluding carboxylic acids is 1. The van der Waals surface area contributed by atoms with Crippen molar-refractivity contribution in [1.82, 2.24) is 9.78 Å². The maximum Gasteiger partial charge on any atom is 0.359 e. The van der Waals surface area contributed by atoms with Crippen molar-refractivity contribution in [3.8, 4) is 16.9 Å². The third-order valence-corrected chi connectivity index (χ3v) is 5.71. The summed E-state index contributed by atoms with van der Waals surface area (Å²) in [5.41, 5.74) is 5.02. The van der Waals surface area contributed by atoms with E-state index < -0.39 is 5.97 Å². The van der Waals surface area contributed by atoms with Crippen molar-refractivity contribution in [1.29, 1.82) is 0 Å². The Labute approximate surface area is 180 Å². The lowest BCUT2D eigenvalue weighted by Gasteiger charge is -2.12. The van der Waals surface area contributed by atoms with E-state index in [0.717, 1.165) is 16.8 Å². The van der Waals surface area contributed by atoms with E-state index in [2.05, 4.69) is 29.4 Å². The third-order valence-electron chi connectivity index (χ3n) is 5.18. The van der Waals surface area contributed by atoms with Crippen LogP contribution in [0, 0.1) is 0 Å². The fraction of sp³-hybridized carbons (Fsp3) is 0.304. The smallest absolute Gasteiger partial charge is 0.359 e. The Morgan fingerprint density at radius 3 is 2.45 bits per heavy atom. The van der Waals surface area contributed by atoms with Gasteiger partial charge in [-0.1, -0.05) is 54.4 Å². The first kappa shape index (κ1) is 20.0. The minimum atomic E-state index is -0.427. The molecule has 6 heteroatoms. The highest BCUT2D eigenvalue weighted by Crippen LogP contribution is 2.41. The van der Waals surface area contributed by atoms with Gasteiger partial charge in [0.15, 0.2) is 5.69 Å². The van der Waals surface area contributed by atoms with Gasteiger partial charge in [-0.15, -0.1) is 0 Å².